The summed E-state index contributed by atoms with van der Waals surface area (Å²) in [5, 5.41) is 8.76. The third kappa shape index (κ3) is 5.09. The molecule has 0 amide bonds. The van der Waals surface area contributed by atoms with Gasteiger partial charge in [0.1, 0.15) is 5.75 Å². The predicted molar refractivity (Wildman–Crippen MR) is 110 cm³/mol. The van der Waals surface area contributed by atoms with Gasteiger partial charge in [-0.3, -0.25) is 0 Å². The fourth-order valence-electron chi connectivity index (χ4n) is 2.41. The molecule has 0 unspecified atom stereocenters. The van der Waals surface area contributed by atoms with Crippen molar-refractivity contribution in [2.75, 3.05) is 0 Å². The highest BCUT2D eigenvalue weighted by molar-refractivity contribution is 5.88. The van der Waals surface area contributed by atoms with Gasteiger partial charge in [0.2, 0.25) is 0 Å². The minimum atomic E-state index is 0.329. The van der Waals surface area contributed by atoms with Crippen LogP contribution in [-0.4, -0.2) is 5.11 Å². The molecule has 25 heavy (non-hydrogen) atoms. The number of rotatable bonds is 4. The van der Waals surface area contributed by atoms with E-state index in [4.69, 9.17) is 5.11 Å². The average Bonchev–Trinajstić information content (AvgIpc) is 3.41. The Labute approximate surface area is 151 Å². The second-order valence-electron chi connectivity index (χ2n) is 6.42. The summed E-state index contributed by atoms with van der Waals surface area (Å²) < 4.78 is 0. The Morgan fingerprint density at radius 2 is 1.40 bits per heavy atom. The van der Waals surface area contributed by atoms with Gasteiger partial charge in [0, 0.05) is 6.42 Å². The summed E-state index contributed by atoms with van der Waals surface area (Å²) in [6, 6.07) is 13.5. The molecule has 0 bridgehead atoms. The van der Waals surface area contributed by atoms with Crippen LogP contribution in [0.25, 0.3) is 16.7 Å². The molecule has 0 fully saturated rings. The summed E-state index contributed by atoms with van der Waals surface area (Å²) >= 11 is 0. The second kappa shape index (κ2) is 7.85. The third-order valence-electron chi connectivity index (χ3n) is 4.00. The van der Waals surface area contributed by atoms with Crippen molar-refractivity contribution in [3.05, 3.63) is 103 Å². The molecular formula is C24H25O. The first kappa shape index (κ1) is 18.5. The number of benzene rings is 2. The van der Waals surface area contributed by atoms with E-state index in [0.29, 0.717) is 5.75 Å². The quantitative estimate of drug-likeness (QED) is 0.669. The van der Waals surface area contributed by atoms with Crippen LogP contribution in [0, 0.1) is 13.3 Å². The second-order valence-corrected chi connectivity index (χ2v) is 6.42. The molecule has 0 atom stereocenters. The van der Waals surface area contributed by atoms with E-state index in [1.165, 1.54) is 16.7 Å². The van der Waals surface area contributed by atoms with Crippen molar-refractivity contribution in [3.63, 3.8) is 0 Å². The Bertz CT molecular complexity index is 827. The first-order valence-electron chi connectivity index (χ1n) is 8.25. The lowest BCUT2D eigenvalue weighted by molar-refractivity contribution is 0.475. The van der Waals surface area contributed by atoms with Crippen molar-refractivity contribution in [1.82, 2.24) is 0 Å². The SMILES string of the molecule is C=C(C1=C[CH]1)c1ccc(C(=C)C)c(C(=C)C)c1.Cc1ccc(O)cc1. The summed E-state index contributed by atoms with van der Waals surface area (Å²) in [7, 11) is 0. The van der Waals surface area contributed by atoms with Crippen molar-refractivity contribution in [2.24, 2.45) is 0 Å². The first-order valence-corrected chi connectivity index (χ1v) is 8.25. The van der Waals surface area contributed by atoms with Gasteiger partial charge in [0.25, 0.3) is 0 Å². The number of hydrogen-bond donors (Lipinski definition) is 1. The smallest absolute Gasteiger partial charge is 0.115 e. The fraction of sp³-hybridized carbons (Fsp3) is 0.125. The largest absolute Gasteiger partial charge is 0.508 e. The van der Waals surface area contributed by atoms with Gasteiger partial charge in [-0.25, -0.2) is 0 Å². The van der Waals surface area contributed by atoms with E-state index in [2.05, 4.69) is 50.4 Å². The van der Waals surface area contributed by atoms with Crippen LogP contribution in [0.4, 0.5) is 0 Å². The molecule has 1 radical (unpaired) electrons. The van der Waals surface area contributed by atoms with Crippen LogP contribution in [0.1, 0.15) is 36.1 Å². The van der Waals surface area contributed by atoms with E-state index in [1.54, 1.807) is 12.1 Å². The zero-order valence-corrected chi connectivity index (χ0v) is 15.3. The van der Waals surface area contributed by atoms with Gasteiger partial charge < -0.3 is 5.11 Å². The van der Waals surface area contributed by atoms with Crippen LogP contribution in [0.5, 0.6) is 5.75 Å². The van der Waals surface area contributed by atoms with E-state index in [1.807, 2.05) is 32.9 Å². The number of allylic oxidation sites excluding steroid dienone is 5. The molecule has 2 aromatic rings. The molecule has 0 heterocycles. The molecule has 0 aliphatic heterocycles. The van der Waals surface area contributed by atoms with Crippen molar-refractivity contribution in [1.29, 1.82) is 0 Å². The molecule has 2 aromatic carbocycles. The highest BCUT2D eigenvalue weighted by atomic mass is 16.3. The van der Waals surface area contributed by atoms with Gasteiger partial charge in [-0.05, 0) is 66.8 Å². The molecule has 1 aliphatic rings. The molecule has 1 nitrogen and oxygen atoms in total. The van der Waals surface area contributed by atoms with E-state index >= 15 is 0 Å². The van der Waals surface area contributed by atoms with E-state index in [-0.39, 0.29) is 0 Å². The lowest BCUT2D eigenvalue weighted by atomic mass is 9.92. The van der Waals surface area contributed by atoms with E-state index < -0.39 is 0 Å². The van der Waals surface area contributed by atoms with Crippen LogP contribution in [-0.2, 0) is 0 Å². The summed E-state index contributed by atoms with van der Waals surface area (Å²) in [6.45, 7) is 18.2. The monoisotopic (exact) mass is 329 g/mol. The van der Waals surface area contributed by atoms with Crippen molar-refractivity contribution in [2.45, 2.75) is 20.8 Å². The molecule has 1 N–H and O–H groups in total. The molecule has 0 aromatic heterocycles. The van der Waals surface area contributed by atoms with Crippen molar-refractivity contribution >= 4 is 16.7 Å². The van der Waals surface area contributed by atoms with Crippen LogP contribution in [0.3, 0.4) is 0 Å². The zero-order chi connectivity index (χ0) is 18.6. The van der Waals surface area contributed by atoms with Gasteiger partial charge >= 0.3 is 0 Å². The van der Waals surface area contributed by atoms with Gasteiger partial charge in [0.05, 0.1) is 0 Å². The Morgan fingerprint density at radius 3 is 1.84 bits per heavy atom. The standard InChI is InChI=1S/C17H17.C7H8O/c1-11(2)16-9-8-15(10-17(16)12(3)4)13(5)14-6-7-14;1-6-2-4-7(8)5-3-6/h6-10H,1,3,5H2,2,4H3;2-5,8H,1H3. The van der Waals surface area contributed by atoms with E-state index in [9.17, 15) is 0 Å². The molecule has 0 spiro atoms. The Kier molecular flexibility index (Phi) is 5.82. The molecule has 1 aliphatic carbocycles. The van der Waals surface area contributed by atoms with Crippen LogP contribution in [0.15, 0.2) is 73.9 Å². The van der Waals surface area contributed by atoms with Gasteiger partial charge in [0.15, 0.2) is 0 Å². The molecule has 1 heteroatoms. The van der Waals surface area contributed by atoms with Gasteiger partial charge in [-0.2, -0.15) is 0 Å². The van der Waals surface area contributed by atoms with Crippen molar-refractivity contribution in [3.8, 4) is 5.75 Å². The van der Waals surface area contributed by atoms with Crippen molar-refractivity contribution < 1.29 is 5.11 Å². The number of aromatic hydroxyl groups is 1. The molecule has 0 saturated carbocycles. The van der Waals surface area contributed by atoms with Crippen LogP contribution >= 0.6 is 0 Å². The molecule has 127 valence electrons. The number of hydrogen-bond acceptors (Lipinski definition) is 1. The maximum atomic E-state index is 8.76. The molecular weight excluding hydrogens is 304 g/mol. The summed E-state index contributed by atoms with van der Waals surface area (Å²) in [6.07, 6.45) is 4.16. The summed E-state index contributed by atoms with van der Waals surface area (Å²) in [5.41, 5.74) is 9.11. The molecule has 0 saturated heterocycles. The fourth-order valence-corrected chi connectivity index (χ4v) is 2.41. The third-order valence-corrected chi connectivity index (χ3v) is 4.00. The Balaban J connectivity index is 0.000000236. The zero-order valence-electron chi connectivity index (χ0n) is 15.3. The highest BCUT2D eigenvalue weighted by Crippen LogP contribution is 2.34. The molecule has 3 rings (SSSR count). The lowest BCUT2D eigenvalue weighted by Gasteiger charge is -2.12. The van der Waals surface area contributed by atoms with E-state index in [0.717, 1.165) is 27.8 Å². The minimum absolute atomic E-state index is 0.329. The Morgan fingerprint density at radius 1 is 0.840 bits per heavy atom. The highest BCUT2D eigenvalue weighted by Gasteiger charge is 2.15. The van der Waals surface area contributed by atoms with Gasteiger partial charge in [-0.15, -0.1) is 0 Å². The lowest BCUT2D eigenvalue weighted by Crippen LogP contribution is -1.91. The maximum Gasteiger partial charge on any atom is 0.115 e. The van der Waals surface area contributed by atoms with Crippen LogP contribution in [0.2, 0.25) is 0 Å². The number of aryl methyl sites for hydroxylation is 1. The Hall–Kier alpha value is -2.80. The van der Waals surface area contributed by atoms with Crippen LogP contribution < -0.4 is 0 Å². The summed E-state index contributed by atoms with van der Waals surface area (Å²) in [4.78, 5) is 0. The number of phenols is 1. The summed E-state index contributed by atoms with van der Waals surface area (Å²) in [5.74, 6) is 0.329. The topological polar surface area (TPSA) is 20.2 Å². The predicted octanol–water partition coefficient (Wildman–Crippen LogP) is 6.61. The maximum absolute atomic E-state index is 8.76. The van der Waals surface area contributed by atoms with Gasteiger partial charge in [-0.1, -0.05) is 66.8 Å². The number of phenolic OH excluding ortho intramolecular Hbond substituents is 1. The average molecular weight is 329 g/mol. The normalized spacial score (nSPS) is 11.7. The minimum Gasteiger partial charge on any atom is -0.508 e. The first-order chi connectivity index (χ1) is 11.8.